The normalized spacial score (nSPS) is 20.6. The average Bonchev–Trinajstić information content (AvgIpc) is 3.68. The van der Waals surface area contributed by atoms with E-state index in [0.717, 1.165) is 11.1 Å². The van der Waals surface area contributed by atoms with Crippen LogP contribution in [-0.2, 0) is 32.1 Å². The molecule has 2 aromatic rings. The maximum Gasteiger partial charge on any atom is 0.491 e. The molecule has 0 aliphatic carbocycles. The van der Waals surface area contributed by atoms with Gasteiger partial charge in [0.1, 0.15) is 6.04 Å². The molecule has 5 rings (SSSR count). The van der Waals surface area contributed by atoms with Crippen molar-refractivity contribution in [2.24, 2.45) is 5.92 Å². The molecule has 3 aliphatic rings. The number of carboxylic acids is 1. The first-order chi connectivity index (χ1) is 20.0. The van der Waals surface area contributed by atoms with Crippen molar-refractivity contribution in [3.8, 4) is 0 Å². The van der Waals surface area contributed by atoms with Crippen LogP contribution in [0.4, 0.5) is 0 Å². The minimum atomic E-state index is -1.15. The van der Waals surface area contributed by atoms with Gasteiger partial charge >= 0.3 is 20.2 Å². The Kier molecular flexibility index (Phi) is 8.69. The van der Waals surface area contributed by atoms with Gasteiger partial charge in [-0.2, -0.15) is 0 Å². The Balaban J connectivity index is 1.38. The number of rotatable bonds is 9. The third-order valence-corrected chi connectivity index (χ3v) is 8.38. The van der Waals surface area contributed by atoms with Crippen molar-refractivity contribution in [3.63, 3.8) is 0 Å². The number of nitrogens with one attached hydrogen (secondary N) is 2. The van der Waals surface area contributed by atoms with E-state index in [0.29, 0.717) is 22.9 Å². The second-order valence-corrected chi connectivity index (χ2v) is 11.1. The van der Waals surface area contributed by atoms with Crippen LogP contribution in [-0.4, -0.2) is 82.7 Å². The van der Waals surface area contributed by atoms with Crippen molar-refractivity contribution in [1.29, 1.82) is 0 Å². The third-order valence-electron chi connectivity index (χ3n) is 8.38. The molecule has 3 aliphatic heterocycles. The Hall–Kier alpha value is -3.71. The van der Waals surface area contributed by atoms with Crippen molar-refractivity contribution in [2.75, 3.05) is 6.54 Å². The number of carbonyl (C=O) groups is 4. The number of hydrogen-bond acceptors (Lipinski definition) is 8. The molecule has 42 heavy (non-hydrogen) atoms. The standard InChI is InChI=1S/C28H33B2N3O9/c1-3-15(2)23(11-25(34)35)32-27(37)24-10-20(31-26(36)16-4-6-18-13-41-29(39)21(18)8-16)12-33(24)28(38)17-5-7-19-14-42-30(40)22(19)9-17/h4-9,15,20,23-24,39-40H,3,10-14H2,1-2H3,(H,31,36)(H,32,37)(H,34,35)/t15-,20?,23+,24-/m0/s1. The van der Waals surface area contributed by atoms with Crippen LogP contribution >= 0.6 is 0 Å². The fraction of sp³-hybridized carbons (Fsp3) is 0.429. The average molecular weight is 577 g/mol. The van der Waals surface area contributed by atoms with Crippen LogP contribution < -0.4 is 21.6 Å². The summed E-state index contributed by atoms with van der Waals surface area (Å²) in [7, 11) is -2.26. The molecule has 5 N–H and O–H groups in total. The summed E-state index contributed by atoms with van der Waals surface area (Å²) < 4.78 is 10.4. The van der Waals surface area contributed by atoms with E-state index >= 15 is 0 Å². The highest BCUT2D eigenvalue weighted by molar-refractivity contribution is 6.62. The lowest BCUT2D eigenvalue weighted by atomic mass is 9.78. The highest BCUT2D eigenvalue weighted by atomic mass is 16.5. The van der Waals surface area contributed by atoms with Crippen LogP contribution in [0.3, 0.4) is 0 Å². The largest absolute Gasteiger partial charge is 0.491 e. The van der Waals surface area contributed by atoms with Crippen LogP contribution in [0.15, 0.2) is 36.4 Å². The molecule has 14 heteroatoms. The van der Waals surface area contributed by atoms with Crippen molar-refractivity contribution in [3.05, 3.63) is 58.7 Å². The van der Waals surface area contributed by atoms with E-state index in [1.807, 2.05) is 13.8 Å². The summed E-state index contributed by atoms with van der Waals surface area (Å²) in [6, 6.07) is 7.53. The third kappa shape index (κ3) is 6.07. The number of carbonyl (C=O) groups excluding carboxylic acids is 3. The highest BCUT2D eigenvalue weighted by Crippen LogP contribution is 2.24. The fourth-order valence-corrected chi connectivity index (χ4v) is 5.70. The van der Waals surface area contributed by atoms with Crippen molar-refractivity contribution >= 4 is 48.9 Å². The maximum atomic E-state index is 13.8. The Morgan fingerprint density at radius 2 is 1.60 bits per heavy atom. The van der Waals surface area contributed by atoms with Gasteiger partial charge in [-0.25, -0.2) is 0 Å². The zero-order chi connectivity index (χ0) is 30.1. The van der Waals surface area contributed by atoms with E-state index in [1.54, 1.807) is 36.4 Å². The second kappa shape index (κ2) is 12.3. The summed E-state index contributed by atoms with van der Waals surface area (Å²) in [5.41, 5.74) is 3.09. The molecule has 2 aromatic carbocycles. The molecule has 1 unspecified atom stereocenters. The molecule has 0 bridgehead atoms. The lowest BCUT2D eigenvalue weighted by molar-refractivity contribution is -0.138. The summed E-state index contributed by atoms with van der Waals surface area (Å²) in [5.74, 6) is -2.58. The molecule has 3 amide bonds. The molecular formula is C28H33B2N3O9. The molecule has 1 fully saturated rings. The number of carboxylic acid groups (broad SMARTS) is 1. The fourth-order valence-electron chi connectivity index (χ4n) is 5.70. The summed E-state index contributed by atoms with van der Waals surface area (Å²) in [6.45, 7) is 4.26. The maximum absolute atomic E-state index is 13.8. The Morgan fingerprint density at radius 3 is 2.19 bits per heavy atom. The van der Waals surface area contributed by atoms with E-state index in [-0.39, 0.29) is 44.1 Å². The first kappa shape index (κ1) is 29.8. The quantitative estimate of drug-likeness (QED) is 0.238. The topological polar surface area (TPSA) is 175 Å². The van der Waals surface area contributed by atoms with Crippen LogP contribution in [0.2, 0.25) is 0 Å². The molecule has 3 heterocycles. The molecule has 0 radical (unpaired) electrons. The minimum Gasteiger partial charge on any atom is -0.481 e. The first-order valence-corrected chi connectivity index (χ1v) is 14.0. The molecule has 0 saturated carbocycles. The predicted octanol–water partition coefficient (Wildman–Crippen LogP) is -0.859. The molecule has 12 nitrogen and oxygen atoms in total. The Morgan fingerprint density at radius 1 is 1.00 bits per heavy atom. The number of benzene rings is 2. The van der Waals surface area contributed by atoms with Crippen molar-refractivity contribution in [2.45, 2.75) is 64.4 Å². The van der Waals surface area contributed by atoms with E-state index < -0.39 is 56.1 Å². The van der Waals surface area contributed by atoms with Gasteiger partial charge in [0.05, 0.1) is 19.6 Å². The zero-order valence-electron chi connectivity index (χ0n) is 23.4. The second-order valence-electron chi connectivity index (χ2n) is 11.1. The molecule has 0 aromatic heterocycles. The number of hydrogen-bond donors (Lipinski definition) is 5. The molecular weight excluding hydrogens is 544 g/mol. The van der Waals surface area contributed by atoms with Gasteiger partial charge in [-0.3, -0.25) is 19.2 Å². The number of fused-ring (bicyclic) bond motifs is 2. The number of aliphatic carboxylic acids is 1. The number of amides is 3. The van der Waals surface area contributed by atoms with Crippen LogP contribution in [0.25, 0.3) is 0 Å². The van der Waals surface area contributed by atoms with Gasteiger partial charge in [-0.15, -0.1) is 0 Å². The van der Waals surface area contributed by atoms with Crippen molar-refractivity contribution < 1.29 is 43.6 Å². The minimum absolute atomic E-state index is 0.0302. The first-order valence-electron chi connectivity index (χ1n) is 14.0. The van der Waals surface area contributed by atoms with Gasteiger partial charge in [0, 0.05) is 29.8 Å². The summed E-state index contributed by atoms with van der Waals surface area (Å²) in [6.07, 6.45) is 0.486. The van der Waals surface area contributed by atoms with Gasteiger partial charge in [0.2, 0.25) is 5.91 Å². The summed E-state index contributed by atoms with van der Waals surface area (Å²) in [5, 5.41) is 35.3. The van der Waals surface area contributed by atoms with Gasteiger partial charge in [0.25, 0.3) is 11.8 Å². The van der Waals surface area contributed by atoms with Crippen molar-refractivity contribution in [1.82, 2.24) is 15.5 Å². The Bertz CT molecular complexity index is 1410. The predicted molar refractivity (Wildman–Crippen MR) is 152 cm³/mol. The van der Waals surface area contributed by atoms with E-state index in [1.165, 1.54) is 4.90 Å². The zero-order valence-corrected chi connectivity index (χ0v) is 23.4. The highest BCUT2D eigenvalue weighted by Gasteiger charge is 2.42. The van der Waals surface area contributed by atoms with Gasteiger partial charge in [-0.1, -0.05) is 32.4 Å². The van der Waals surface area contributed by atoms with E-state index in [4.69, 9.17) is 9.31 Å². The van der Waals surface area contributed by atoms with Crippen LogP contribution in [0, 0.1) is 5.92 Å². The molecule has 0 spiro atoms. The van der Waals surface area contributed by atoms with E-state index in [2.05, 4.69) is 10.6 Å². The Labute approximate surface area is 243 Å². The molecule has 220 valence electrons. The van der Waals surface area contributed by atoms with Gasteiger partial charge < -0.3 is 40.0 Å². The summed E-state index contributed by atoms with van der Waals surface area (Å²) in [4.78, 5) is 53.4. The van der Waals surface area contributed by atoms with Gasteiger partial charge in [-0.05, 0) is 58.7 Å². The molecule has 1 saturated heterocycles. The monoisotopic (exact) mass is 577 g/mol. The SMILES string of the molecule is CC[C@H](C)[C@@H](CC(=O)O)NC(=O)[C@@H]1CC(NC(=O)c2ccc3c(c2)B(O)OC3)CN1C(=O)c1ccc2c(c1)B(O)OC2. The number of likely N-dealkylation sites (tertiary alicyclic amines) is 1. The smallest absolute Gasteiger partial charge is 0.481 e. The number of nitrogens with zero attached hydrogens (tertiary/aromatic N) is 1. The summed E-state index contributed by atoms with van der Waals surface area (Å²) >= 11 is 0. The van der Waals surface area contributed by atoms with Crippen LogP contribution in [0.1, 0.15) is 65.0 Å². The van der Waals surface area contributed by atoms with Crippen LogP contribution in [0.5, 0.6) is 0 Å². The lowest BCUT2D eigenvalue weighted by Crippen LogP contribution is -2.50. The van der Waals surface area contributed by atoms with E-state index in [9.17, 15) is 34.3 Å². The molecule has 4 atom stereocenters. The lowest BCUT2D eigenvalue weighted by Gasteiger charge is -2.28. The van der Waals surface area contributed by atoms with Gasteiger partial charge in [0.15, 0.2) is 0 Å².